The van der Waals surface area contributed by atoms with Crippen molar-refractivity contribution < 1.29 is 24.2 Å². The topological polar surface area (TPSA) is 83.9 Å². The van der Waals surface area contributed by atoms with Crippen LogP contribution in [0, 0.1) is 25.7 Å². The molecular weight excluding hydrogens is 462 g/mol. The van der Waals surface area contributed by atoms with Crippen molar-refractivity contribution in [1.29, 1.82) is 0 Å². The van der Waals surface area contributed by atoms with Gasteiger partial charge in [0.1, 0.15) is 5.75 Å². The van der Waals surface area contributed by atoms with Crippen molar-refractivity contribution in [3.8, 4) is 5.75 Å². The molecule has 0 aromatic heterocycles. The lowest BCUT2D eigenvalue weighted by atomic mass is 9.82. The molecule has 35 heavy (non-hydrogen) atoms. The van der Waals surface area contributed by atoms with Gasteiger partial charge >= 0.3 is 5.97 Å². The van der Waals surface area contributed by atoms with E-state index < -0.39 is 11.6 Å². The molecule has 1 aliphatic heterocycles. The molecule has 2 aromatic rings. The third-order valence-corrected chi connectivity index (χ3v) is 7.36. The van der Waals surface area contributed by atoms with Gasteiger partial charge in [0.2, 0.25) is 5.91 Å². The highest BCUT2D eigenvalue weighted by molar-refractivity contribution is 7.98. The Labute approximate surface area is 212 Å². The Morgan fingerprint density at radius 3 is 2.11 bits per heavy atom. The Hall–Kier alpha value is -2.80. The molecule has 1 saturated heterocycles. The van der Waals surface area contributed by atoms with Gasteiger partial charge in [-0.3, -0.25) is 9.59 Å². The zero-order chi connectivity index (χ0) is 26.1. The maximum atomic E-state index is 13.6. The van der Waals surface area contributed by atoms with Crippen LogP contribution in [0.2, 0.25) is 0 Å². The molecule has 0 saturated carbocycles. The molecule has 6 nitrogen and oxygen atoms in total. The van der Waals surface area contributed by atoms with E-state index in [-0.39, 0.29) is 29.4 Å². The number of amides is 1. The second-order valence-electron chi connectivity index (χ2n) is 10.1. The minimum atomic E-state index is -1.37. The largest absolute Gasteiger partial charge is 0.478 e. The molecule has 0 unspecified atom stereocenters. The number of likely N-dealkylation sites (tertiary alicyclic amines) is 1. The molecule has 2 aromatic carbocycles. The highest BCUT2D eigenvalue weighted by Gasteiger charge is 2.41. The number of thioether (sulfide) groups is 1. The van der Waals surface area contributed by atoms with Crippen molar-refractivity contribution in [3.63, 3.8) is 0 Å². The number of carbonyl (C=O) groups is 3. The van der Waals surface area contributed by atoms with Gasteiger partial charge in [0.15, 0.2) is 11.4 Å². The van der Waals surface area contributed by atoms with E-state index in [2.05, 4.69) is 0 Å². The van der Waals surface area contributed by atoms with Crippen molar-refractivity contribution in [2.75, 3.05) is 19.3 Å². The zero-order valence-electron chi connectivity index (χ0n) is 21.5. The maximum Gasteiger partial charge on any atom is 0.347 e. The Balaban J connectivity index is 1.99. The van der Waals surface area contributed by atoms with Crippen molar-refractivity contribution in [2.45, 2.75) is 58.0 Å². The zero-order valence-corrected chi connectivity index (χ0v) is 22.4. The molecule has 7 heteroatoms. The first kappa shape index (κ1) is 26.8. The third-order valence-electron chi connectivity index (χ3n) is 6.62. The number of hydrogen-bond donors (Lipinski definition) is 1. The fourth-order valence-corrected chi connectivity index (χ4v) is 4.99. The number of aliphatic carboxylic acids is 1. The number of hydrogen-bond acceptors (Lipinski definition) is 5. The van der Waals surface area contributed by atoms with Crippen LogP contribution in [-0.4, -0.2) is 52.6 Å². The number of aryl methyl sites for hydroxylation is 2. The molecule has 3 rings (SSSR count). The molecule has 1 aliphatic rings. The number of rotatable bonds is 8. The van der Waals surface area contributed by atoms with Gasteiger partial charge in [-0.05, 0) is 62.8 Å². The van der Waals surface area contributed by atoms with Crippen LogP contribution in [0.3, 0.4) is 0 Å². The molecule has 0 spiro atoms. The van der Waals surface area contributed by atoms with E-state index in [9.17, 15) is 19.5 Å². The second-order valence-corrected chi connectivity index (χ2v) is 11.0. The quantitative estimate of drug-likeness (QED) is 0.391. The predicted molar refractivity (Wildman–Crippen MR) is 138 cm³/mol. The van der Waals surface area contributed by atoms with Crippen LogP contribution in [0.5, 0.6) is 5.75 Å². The molecule has 1 N–H and O–H groups in total. The predicted octanol–water partition coefficient (Wildman–Crippen LogP) is 5.35. The van der Waals surface area contributed by atoms with Gasteiger partial charge in [0, 0.05) is 41.3 Å². The van der Waals surface area contributed by atoms with Crippen molar-refractivity contribution in [1.82, 2.24) is 4.90 Å². The standard InChI is InChI=1S/C28H35NO5S/c1-16(2)26(31)29-14-22(23(15-29)24(30)19-8-10-21(35-7)11-9-19)20-12-17(3)25(18(4)13-20)34-28(5,6)27(32)33/h8-13,16,22-23H,14-15H2,1-7H3,(H,32,33)/t22-,23+/m1/s1. The first-order chi connectivity index (χ1) is 16.4. The summed E-state index contributed by atoms with van der Waals surface area (Å²) in [5, 5.41) is 9.47. The average Bonchev–Trinajstić information content (AvgIpc) is 3.25. The van der Waals surface area contributed by atoms with E-state index in [4.69, 9.17) is 4.74 Å². The summed E-state index contributed by atoms with van der Waals surface area (Å²) >= 11 is 1.62. The van der Waals surface area contributed by atoms with Crippen LogP contribution < -0.4 is 4.74 Å². The SMILES string of the molecule is CSc1ccc(C(=O)[C@H]2CN(C(=O)C(C)C)C[C@@H]2c2cc(C)c(OC(C)(C)C(=O)O)c(C)c2)cc1. The Morgan fingerprint density at radius 2 is 1.63 bits per heavy atom. The summed E-state index contributed by atoms with van der Waals surface area (Å²) in [6, 6.07) is 11.5. The van der Waals surface area contributed by atoms with E-state index in [0.29, 0.717) is 24.4 Å². The number of ketones is 1. The molecule has 0 aliphatic carbocycles. The molecule has 0 radical (unpaired) electrons. The Bertz CT molecular complexity index is 1100. The van der Waals surface area contributed by atoms with E-state index >= 15 is 0 Å². The van der Waals surface area contributed by atoms with Gasteiger partial charge in [0.25, 0.3) is 0 Å². The number of ether oxygens (including phenoxy) is 1. The third kappa shape index (κ3) is 5.72. The van der Waals surface area contributed by atoms with Crippen LogP contribution in [0.15, 0.2) is 41.3 Å². The molecular formula is C28H35NO5S. The number of Topliss-reactive ketones (excluding diaryl/α,β-unsaturated/α-hetero) is 1. The highest BCUT2D eigenvalue weighted by atomic mass is 32.2. The second kappa shape index (κ2) is 10.4. The van der Waals surface area contributed by atoms with Crippen LogP contribution in [0.4, 0.5) is 0 Å². The van der Waals surface area contributed by atoms with Crippen LogP contribution in [-0.2, 0) is 9.59 Å². The lowest BCUT2D eigenvalue weighted by Gasteiger charge is -2.26. The molecule has 1 heterocycles. The van der Waals surface area contributed by atoms with Crippen LogP contribution in [0.25, 0.3) is 0 Å². The number of carboxylic acids is 1. The van der Waals surface area contributed by atoms with Crippen molar-refractivity contribution in [2.24, 2.45) is 11.8 Å². The normalized spacial score (nSPS) is 18.1. The number of benzene rings is 2. The fourth-order valence-electron chi connectivity index (χ4n) is 4.58. The van der Waals surface area contributed by atoms with Crippen LogP contribution in [0.1, 0.15) is 60.7 Å². The fraction of sp³-hybridized carbons (Fsp3) is 0.464. The summed E-state index contributed by atoms with van der Waals surface area (Å²) < 4.78 is 5.87. The minimum Gasteiger partial charge on any atom is -0.478 e. The maximum absolute atomic E-state index is 13.6. The van der Waals surface area contributed by atoms with Gasteiger partial charge in [-0.15, -0.1) is 11.8 Å². The van der Waals surface area contributed by atoms with E-state index in [1.807, 2.05) is 70.3 Å². The van der Waals surface area contributed by atoms with Crippen molar-refractivity contribution in [3.05, 3.63) is 58.7 Å². The summed E-state index contributed by atoms with van der Waals surface area (Å²) in [4.78, 5) is 41.0. The first-order valence-corrected chi connectivity index (χ1v) is 13.1. The lowest BCUT2D eigenvalue weighted by molar-refractivity contribution is -0.152. The monoisotopic (exact) mass is 497 g/mol. The van der Waals surface area contributed by atoms with E-state index in [1.165, 1.54) is 13.8 Å². The van der Waals surface area contributed by atoms with Gasteiger partial charge in [-0.2, -0.15) is 0 Å². The van der Waals surface area contributed by atoms with Gasteiger partial charge < -0.3 is 14.7 Å². The molecule has 1 amide bonds. The average molecular weight is 498 g/mol. The summed E-state index contributed by atoms with van der Waals surface area (Å²) in [6.07, 6.45) is 1.99. The van der Waals surface area contributed by atoms with E-state index in [1.54, 1.807) is 16.7 Å². The van der Waals surface area contributed by atoms with Crippen LogP contribution >= 0.6 is 11.8 Å². The van der Waals surface area contributed by atoms with Gasteiger partial charge in [-0.1, -0.05) is 38.1 Å². The Morgan fingerprint density at radius 1 is 1.06 bits per heavy atom. The molecule has 188 valence electrons. The number of carbonyl (C=O) groups excluding carboxylic acids is 2. The lowest BCUT2D eigenvalue weighted by Crippen LogP contribution is -2.38. The minimum absolute atomic E-state index is 0.0318. The smallest absolute Gasteiger partial charge is 0.347 e. The summed E-state index contributed by atoms with van der Waals surface area (Å²) in [5.74, 6) is -1.11. The van der Waals surface area contributed by atoms with Crippen molar-refractivity contribution >= 4 is 29.4 Å². The summed E-state index contributed by atoms with van der Waals surface area (Å²) in [7, 11) is 0. The first-order valence-electron chi connectivity index (χ1n) is 11.9. The molecule has 2 atom stereocenters. The Kier molecular flexibility index (Phi) is 8.00. The number of carboxylic acid groups (broad SMARTS) is 1. The van der Waals surface area contributed by atoms with E-state index in [0.717, 1.165) is 21.6 Å². The van der Waals surface area contributed by atoms with Gasteiger partial charge in [-0.25, -0.2) is 4.79 Å². The number of nitrogens with zero attached hydrogens (tertiary/aromatic N) is 1. The summed E-state index contributed by atoms with van der Waals surface area (Å²) in [6.45, 7) is 11.4. The summed E-state index contributed by atoms with van der Waals surface area (Å²) in [5.41, 5.74) is 1.84. The highest BCUT2D eigenvalue weighted by Crippen LogP contribution is 2.39. The molecule has 0 bridgehead atoms. The molecule has 1 fully saturated rings. The van der Waals surface area contributed by atoms with Gasteiger partial charge in [0.05, 0.1) is 0 Å².